The lowest BCUT2D eigenvalue weighted by Crippen LogP contribution is -1.96. The molecule has 2 aromatic carbocycles. The predicted octanol–water partition coefficient (Wildman–Crippen LogP) is 4.40. The maximum atomic E-state index is 5.35. The third kappa shape index (κ3) is 2.80. The van der Waals surface area contributed by atoms with Crippen LogP contribution in [0.3, 0.4) is 0 Å². The normalized spacial score (nSPS) is 11.2. The van der Waals surface area contributed by atoms with Crippen LogP contribution in [0.15, 0.2) is 64.3 Å². The van der Waals surface area contributed by atoms with Gasteiger partial charge in [-0.1, -0.05) is 47.3 Å². The lowest BCUT2D eigenvalue weighted by molar-refractivity contribution is 0.425. The van der Waals surface area contributed by atoms with Gasteiger partial charge >= 0.3 is 0 Å². The average Bonchev–Trinajstić information content (AvgIpc) is 3.24. The molecule has 6 heteroatoms. The van der Waals surface area contributed by atoms with E-state index in [4.69, 9.17) is 9.51 Å². The van der Waals surface area contributed by atoms with Crippen LogP contribution in [0.5, 0.6) is 0 Å². The number of hydrogen-bond donors (Lipinski definition) is 0. The number of nitrogens with zero attached hydrogens (tertiary/aromatic N) is 4. The van der Waals surface area contributed by atoms with Gasteiger partial charge in [0.2, 0.25) is 0 Å². The topological polar surface area (TPSA) is 56.7 Å². The largest absolute Gasteiger partial charge is 0.334 e. The predicted molar refractivity (Wildman–Crippen MR) is 94.7 cm³/mol. The second-order valence-corrected chi connectivity index (χ2v) is 6.24. The Morgan fingerprint density at radius 1 is 1.00 bits per heavy atom. The molecular weight excluding hydrogens is 320 g/mol. The molecular formula is C18H16N4OS. The van der Waals surface area contributed by atoms with Gasteiger partial charge in [0.05, 0.1) is 16.8 Å². The van der Waals surface area contributed by atoms with Gasteiger partial charge in [-0.05, 0) is 31.2 Å². The van der Waals surface area contributed by atoms with Gasteiger partial charge in [0.1, 0.15) is 0 Å². The Morgan fingerprint density at radius 3 is 2.62 bits per heavy atom. The zero-order valence-electron chi connectivity index (χ0n) is 13.2. The summed E-state index contributed by atoms with van der Waals surface area (Å²) in [5.74, 6) is 1.85. The minimum Gasteiger partial charge on any atom is -0.334 e. The molecule has 0 aliphatic rings. The fourth-order valence-electron chi connectivity index (χ4n) is 2.61. The first-order valence-electron chi connectivity index (χ1n) is 7.81. The van der Waals surface area contributed by atoms with Crippen molar-refractivity contribution in [2.75, 3.05) is 0 Å². The molecule has 0 bridgehead atoms. The van der Waals surface area contributed by atoms with Crippen LogP contribution in [-0.4, -0.2) is 19.7 Å². The molecule has 0 N–H and O–H groups in total. The summed E-state index contributed by atoms with van der Waals surface area (Å²) >= 11 is 1.63. The summed E-state index contributed by atoms with van der Waals surface area (Å²) in [6.07, 6.45) is 0. The molecule has 0 aliphatic heterocycles. The van der Waals surface area contributed by atoms with Gasteiger partial charge in [0.25, 0.3) is 5.89 Å². The molecule has 0 aliphatic carbocycles. The molecule has 0 spiro atoms. The first-order valence-corrected chi connectivity index (χ1v) is 8.80. The van der Waals surface area contributed by atoms with E-state index in [9.17, 15) is 0 Å². The molecule has 24 heavy (non-hydrogen) atoms. The zero-order chi connectivity index (χ0) is 16.4. The van der Waals surface area contributed by atoms with E-state index < -0.39 is 0 Å². The van der Waals surface area contributed by atoms with E-state index in [1.807, 2.05) is 48.5 Å². The maximum absolute atomic E-state index is 5.35. The summed E-state index contributed by atoms with van der Waals surface area (Å²) in [5.41, 5.74) is 3.10. The Morgan fingerprint density at radius 2 is 1.79 bits per heavy atom. The molecule has 120 valence electrons. The molecule has 0 amide bonds. The van der Waals surface area contributed by atoms with Crippen LogP contribution in [0.1, 0.15) is 12.7 Å². The van der Waals surface area contributed by atoms with Crippen molar-refractivity contribution >= 4 is 22.8 Å². The van der Waals surface area contributed by atoms with Crippen LogP contribution in [0.25, 0.3) is 22.5 Å². The number of benzene rings is 2. The lowest BCUT2D eigenvalue weighted by Gasteiger charge is -2.03. The standard InChI is InChI=1S/C18H16N4OS/c1-2-22-15-11-7-6-10-14(15)19-18(22)24-12-16-20-17(23-21-16)13-8-4-3-5-9-13/h3-11H,2,12H2,1H3. The van der Waals surface area contributed by atoms with E-state index in [1.54, 1.807) is 11.8 Å². The second-order valence-electron chi connectivity index (χ2n) is 5.30. The van der Waals surface area contributed by atoms with Crippen molar-refractivity contribution in [1.82, 2.24) is 19.7 Å². The fraction of sp³-hybridized carbons (Fsp3) is 0.167. The van der Waals surface area contributed by atoms with Crippen LogP contribution >= 0.6 is 11.8 Å². The van der Waals surface area contributed by atoms with Crippen molar-refractivity contribution in [3.63, 3.8) is 0 Å². The van der Waals surface area contributed by atoms with E-state index in [1.165, 1.54) is 0 Å². The number of thioether (sulfide) groups is 1. The minimum atomic E-state index is 0.551. The number of aryl methyl sites for hydroxylation is 1. The van der Waals surface area contributed by atoms with Crippen molar-refractivity contribution in [2.24, 2.45) is 0 Å². The quantitative estimate of drug-likeness (QED) is 0.506. The Kier molecular flexibility index (Phi) is 4.04. The molecule has 0 saturated heterocycles. The first-order chi connectivity index (χ1) is 11.8. The maximum Gasteiger partial charge on any atom is 0.257 e. The molecule has 0 fully saturated rings. The van der Waals surface area contributed by atoms with E-state index in [2.05, 4.69) is 27.7 Å². The van der Waals surface area contributed by atoms with Crippen molar-refractivity contribution in [2.45, 2.75) is 24.4 Å². The van der Waals surface area contributed by atoms with Crippen LogP contribution in [0.2, 0.25) is 0 Å². The van der Waals surface area contributed by atoms with Crippen LogP contribution < -0.4 is 0 Å². The van der Waals surface area contributed by atoms with Crippen LogP contribution in [0.4, 0.5) is 0 Å². The molecule has 2 heterocycles. The highest BCUT2D eigenvalue weighted by atomic mass is 32.2. The van der Waals surface area contributed by atoms with Gasteiger partial charge in [-0.15, -0.1) is 0 Å². The van der Waals surface area contributed by atoms with E-state index in [0.717, 1.165) is 28.3 Å². The Bertz CT molecular complexity index is 961. The molecule has 4 rings (SSSR count). The Hall–Kier alpha value is -2.60. The third-order valence-electron chi connectivity index (χ3n) is 3.75. The third-order valence-corrected chi connectivity index (χ3v) is 4.73. The lowest BCUT2D eigenvalue weighted by atomic mass is 10.2. The van der Waals surface area contributed by atoms with Gasteiger partial charge in [-0.25, -0.2) is 4.98 Å². The average molecular weight is 336 g/mol. The van der Waals surface area contributed by atoms with E-state index in [-0.39, 0.29) is 0 Å². The second kappa shape index (κ2) is 6.49. The van der Waals surface area contributed by atoms with Crippen molar-refractivity contribution in [3.05, 3.63) is 60.4 Å². The summed E-state index contributed by atoms with van der Waals surface area (Å²) in [5, 5.41) is 5.05. The number of fused-ring (bicyclic) bond motifs is 1. The molecule has 4 aromatic rings. The molecule has 0 saturated carbocycles. The minimum absolute atomic E-state index is 0.551. The van der Waals surface area contributed by atoms with E-state index >= 15 is 0 Å². The molecule has 5 nitrogen and oxygen atoms in total. The van der Waals surface area contributed by atoms with Crippen molar-refractivity contribution in [1.29, 1.82) is 0 Å². The monoisotopic (exact) mass is 336 g/mol. The van der Waals surface area contributed by atoms with Gasteiger partial charge in [-0.3, -0.25) is 0 Å². The molecule has 0 unspecified atom stereocenters. The highest BCUT2D eigenvalue weighted by Gasteiger charge is 2.13. The Labute approximate surface area is 143 Å². The molecule has 0 radical (unpaired) electrons. The summed E-state index contributed by atoms with van der Waals surface area (Å²) in [7, 11) is 0. The number of rotatable bonds is 5. The van der Waals surface area contributed by atoms with Gasteiger partial charge in [0, 0.05) is 12.1 Å². The van der Waals surface area contributed by atoms with Crippen molar-refractivity contribution < 1.29 is 4.52 Å². The number of aromatic nitrogens is 4. The number of hydrogen-bond acceptors (Lipinski definition) is 5. The number of imidazole rings is 1. The van der Waals surface area contributed by atoms with Gasteiger partial charge in [0.15, 0.2) is 11.0 Å². The fourth-order valence-corrected chi connectivity index (χ4v) is 3.53. The zero-order valence-corrected chi connectivity index (χ0v) is 14.0. The van der Waals surface area contributed by atoms with Gasteiger partial charge < -0.3 is 9.09 Å². The highest BCUT2D eigenvalue weighted by Crippen LogP contribution is 2.26. The molecule has 0 atom stereocenters. The smallest absolute Gasteiger partial charge is 0.257 e. The summed E-state index contributed by atoms with van der Waals surface area (Å²) < 4.78 is 7.56. The SMILES string of the molecule is CCn1c(SCc2noc(-c3ccccc3)n2)nc2ccccc21. The summed E-state index contributed by atoms with van der Waals surface area (Å²) in [6.45, 7) is 3.00. The molecule has 2 aromatic heterocycles. The van der Waals surface area contributed by atoms with Crippen LogP contribution in [0, 0.1) is 0 Å². The summed E-state index contributed by atoms with van der Waals surface area (Å²) in [6, 6.07) is 18.0. The first kappa shape index (κ1) is 15.0. The summed E-state index contributed by atoms with van der Waals surface area (Å²) in [4.78, 5) is 9.17. The highest BCUT2D eigenvalue weighted by molar-refractivity contribution is 7.98. The van der Waals surface area contributed by atoms with Gasteiger partial charge in [-0.2, -0.15) is 4.98 Å². The van der Waals surface area contributed by atoms with E-state index in [0.29, 0.717) is 17.5 Å². The number of para-hydroxylation sites is 2. The van der Waals surface area contributed by atoms with Crippen LogP contribution in [-0.2, 0) is 12.3 Å². The van der Waals surface area contributed by atoms with Crippen molar-refractivity contribution in [3.8, 4) is 11.5 Å². The Balaban J connectivity index is 1.54.